The molecule has 2 N–H and O–H groups in total. The van der Waals surface area contributed by atoms with Crippen molar-refractivity contribution >= 4 is 11.6 Å². The lowest BCUT2D eigenvalue weighted by molar-refractivity contribution is 0.195. The van der Waals surface area contributed by atoms with Crippen LogP contribution < -0.4 is 0 Å². The number of phenols is 1. The van der Waals surface area contributed by atoms with E-state index in [1.807, 2.05) is 0 Å². The number of hydrogen-bond acceptors (Lipinski definition) is 2. The Hall–Kier alpha value is -0.730. The van der Waals surface area contributed by atoms with E-state index >= 15 is 0 Å². The molecule has 0 heterocycles. The van der Waals surface area contributed by atoms with E-state index in [0.29, 0.717) is 10.6 Å². The zero-order valence-corrected chi connectivity index (χ0v) is 7.76. The molecule has 3 heteroatoms. The molecule has 0 bridgehead atoms. The van der Waals surface area contributed by atoms with Crippen LogP contribution in [0.5, 0.6) is 5.75 Å². The van der Waals surface area contributed by atoms with Crippen LogP contribution in [-0.4, -0.2) is 10.2 Å². The van der Waals surface area contributed by atoms with Gasteiger partial charge in [0.15, 0.2) is 0 Å². The summed E-state index contributed by atoms with van der Waals surface area (Å²) in [6, 6.07) is 3.13. The minimum atomic E-state index is -0.692. The zero-order valence-electron chi connectivity index (χ0n) is 7.00. The molecule has 1 atom stereocenters. The number of hydrogen-bond donors (Lipinski definition) is 2. The quantitative estimate of drug-likeness (QED) is 0.707. The maximum Gasteiger partial charge on any atom is 0.121 e. The van der Waals surface area contributed by atoms with E-state index in [0.717, 1.165) is 5.56 Å². The molecule has 0 aliphatic heterocycles. The van der Waals surface area contributed by atoms with Crippen molar-refractivity contribution in [2.24, 2.45) is 0 Å². The van der Waals surface area contributed by atoms with E-state index in [4.69, 9.17) is 11.6 Å². The highest BCUT2D eigenvalue weighted by Gasteiger charge is 2.09. The van der Waals surface area contributed by atoms with E-state index in [2.05, 4.69) is 0 Å². The first-order valence-electron chi connectivity index (χ1n) is 3.69. The molecule has 1 unspecified atom stereocenters. The van der Waals surface area contributed by atoms with Gasteiger partial charge in [-0.3, -0.25) is 0 Å². The molecule has 12 heavy (non-hydrogen) atoms. The Balaban J connectivity index is 3.23. The van der Waals surface area contributed by atoms with Crippen molar-refractivity contribution in [3.63, 3.8) is 0 Å². The second kappa shape index (κ2) is 3.33. The lowest BCUT2D eigenvalue weighted by Crippen LogP contribution is -1.92. The topological polar surface area (TPSA) is 40.5 Å². The van der Waals surface area contributed by atoms with Crippen LogP contribution in [0, 0.1) is 6.92 Å². The van der Waals surface area contributed by atoms with Crippen LogP contribution >= 0.6 is 11.6 Å². The van der Waals surface area contributed by atoms with Crippen molar-refractivity contribution in [2.75, 3.05) is 0 Å². The molecule has 1 aromatic rings. The van der Waals surface area contributed by atoms with Crippen LogP contribution in [0.4, 0.5) is 0 Å². The highest BCUT2D eigenvalue weighted by Crippen LogP contribution is 2.29. The predicted octanol–water partition coefficient (Wildman–Crippen LogP) is 2.41. The van der Waals surface area contributed by atoms with Crippen LogP contribution in [0.15, 0.2) is 12.1 Å². The molecule has 2 nitrogen and oxygen atoms in total. The summed E-state index contributed by atoms with van der Waals surface area (Å²) in [6.07, 6.45) is -0.692. The lowest BCUT2D eigenvalue weighted by atomic mass is 10.1. The fourth-order valence-electron chi connectivity index (χ4n) is 1.02. The Morgan fingerprint density at radius 3 is 2.50 bits per heavy atom. The lowest BCUT2D eigenvalue weighted by Gasteiger charge is -2.09. The average molecular weight is 187 g/mol. The minimum Gasteiger partial charge on any atom is -0.508 e. The summed E-state index contributed by atoms with van der Waals surface area (Å²) in [7, 11) is 0. The van der Waals surface area contributed by atoms with Gasteiger partial charge in [0.25, 0.3) is 0 Å². The molecule has 1 aromatic carbocycles. The average Bonchev–Trinajstić information content (AvgIpc) is 1.96. The first kappa shape index (κ1) is 9.36. The highest BCUT2D eigenvalue weighted by atomic mass is 35.5. The van der Waals surface area contributed by atoms with Crippen LogP contribution in [-0.2, 0) is 0 Å². The number of rotatable bonds is 1. The van der Waals surface area contributed by atoms with Gasteiger partial charge in [-0.25, -0.2) is 0 Å². The number of aliphatic hydroxyl groups is 1. The summed E-state index contributed by atoms with van der Waals surface area (Å²) in [6.45, 7) is 3.38. The number of benzene rings is 1. The summed E-state index contributed by atoms with van der Waals surface area (Å²) in [5.74, 6) is 0.0897. The Kier molecular flexibility index (Phi) is 2.60. The predicted molar refractivity (Wildman–Crippen MR) is 48.5 cm³/mol. The summed E-state index contributed by atoms with van der Waals surface area (Å²) in [4.78, 5) is 0. The summed E-state index contributed by atoms with van der Waals surface area (Å²) in [5, 5.41) is 19.1. The normalized spacial score (nSPS) is 13.0. The molecule has 66 valence electrons. The molecule has 0 fully saturated rings. The number of aryl methyl sites for hydroxylation is 1. The second-order valence-corrected chi connectivity index (χ2v) is 3.24. The van der Waals surface area contributed by atoms with Gasteiger partial charge in [-0.05, 0) is 31.5 Å². The summed E-state index contributed by atoms with van der Waals surface area (Å²) >= 11 is 5.81. The Morgan fingerprint density at radius 1 is 1.42 bits per heavy atom. The standard InChI is InChI=1S/C9H11ClO2/c1-5-3-9(12)7(6(2)11)4-8(5)10/h3-4,6,11-12H,1-2H3. The SMILES string of the molecule is Cc1cc(O)c(C(C)O)cc1Cl. The Bertz CT molecular complexity index is 295. The second-order valence-electron chi connectivity index (χ2n) is 2.84. The molecule has 0 spiro atoms. The third kappa shape index (κ3) is 1.71. The van der Waals surface area contributed by atoms with Crippen molar-refractivity contribution in [2.45, 2.75) is 20.0 Å². The van der Waals surface area contributed by atoms with Crippen LogP contribution in [0.1, 0.15) is 24.2 Å². The van der Waals surface area contributed by atoms with Crippen LogP contribution in [0.3, 0.4) is 0 Å². The van der Waals surface area contributed by atoms with Gasteiger partial charge in [-0.2, -0.15) is 0 Å². The van der Waals surface area contributed by atoms with Gasteiger partial charge < -0.3 is 10.2 Å². The van der Waals surface area contributed by atoms with Gasteiger partial charge >= 0.3 is 0 Å². The number of aliphatic hydroxyl groups excluding tert-OH is 1. The number of halogens is 1. The monoisotopic (exact) mass is 186 g/mol. The summed E-state index contributed by atoms with van der Waals surface area (Å²) < 4.78 is 0. The van der Waals surface area contributed by atoms with Crippen molar-refractivity contribution in [1.29, 1.82) is 0 Å². The van der Waals surface area contributed by atoms with E-state index in [1.165, 1.54) is 0 Å². The molecule has 0 saturated carbocycles. The smallest absolute Gasteiger partial charge is 0.121 e. The van der Waals surface area contributed by atoms with Crippen molar-refractivity contribution in [3.05, 3.63) is 28.3 Å². The molecular weight excluding hydrogens is 176 g/mol. The van der Waals surface area contributed by atoms with Gasteiger partial charge in [-0.15, -0.1) is 0 Å². The van der Waals surface area contributed by atoms with Crippen molar-refractivity contribution < 1.29 is 10.2 Å². The fraction of sp³-hybridized carbons (Fsp3) is 0.333. The zero-order chi connectivity index (χ0) is 9.30. The minimum absolute atomic E-state index is 0.0897. The van der Waals surface area contributed by atoms with Gasteiger partial charge in [0.2, 0.25) is 0 Å². The van der Waals surface area contributed by atoms with E-state index < -0.39 is 6.10 Å². The summed E-state index contributed by atoms with van der Waals surface area (Å²) in [5.41, 5.74) is 1.27. The van der Waals surface area contributed by atoms with Crippen molar-refractivity contribution in [3.8, 4) is 5.75 Å². The maximum absolute atomic E-state index is 9.37. The molecular formula is C9H11ClO2. The van der Waals surface area contributed by atoms with E-state index in [-0.39, 0.29) is 5.75 Å². The number of phenolic OH excluding ortho intramolecular Hbond substituents is 1. The Labute approximate surface area is 76.4 Å². The fourth-order valence-corrected chi connectivity index (χ4v) is 1.19. The van der Waals surface area contributed by atoms with Crippen molar-refractivity contribution in [1.82, 2.24) is 0 Å². The Morgan fingerprint density at radius 2 is 2.00 bits per heavy atom. The van der Waals surface area contributed by atoms with Gasteiger partial charge in [0.05, 0.1) is 6.10 Å². The van der Waals surface area contributed by atoms with Gasteiger partial charge in [0.1, 0.15) is 5.75 Å². The molecule has 0 amide bonds. The molecule has 0 radical (unpaired) electrons. The van der Waals surface area contributed by atoms with Gasteiger partial charge in [-0.1, -0.05) is 11.6 Å². The number of aromatic hydroxyl groups is 1. The van der Waals surface area contributed by atoms with E-state index in [9.17, 15) is 10.2 Å². The third-order valence-electron chi connectivity index (χ3n) is 1.76. The highest BCUT2D eigenvalue weighted by molar-refractivity contribution is 6.31. The van der Waals surface area contributed by atoms with Crippen LogP contribution in [0.2, 0.25) is 5.02 Å². The maximum atomic E-state index is 9.37. The largest absolute Gasteiger partial charge is 0.508 e. The molecule has 1 rings (SSSR count). The molecule has 0 aromatic heterocycles. The molecule has 0 aliphatic carbocycles. The van der Waals surface area contributed by atoms with Crippen LogP contribution in [0.25, 0.3) is 0 Å². The molecule has 0 saturated heterocycles. The third-order valence-corrected chi connectivity index (χ3v) is 2.17. The van der Waals surface area contributed by atoms with Gasteiger partial charge in [0, 0.05) is 10.6 Å². The molecule has 0 aliphatic rings. The first-order valence-corrected chi connectivity index (χ1v) is 4.07. The van der Waals surface area contributed by atoms with E-state index in [1.54, 1.807) is 26.0 Å². The first-order chi connectivity index (χ1) is 5.52.